The van der Waals surface area contributed by atoms with Crippen LogP contribution in [0.3, 0.4) is 0 Å². The van der Waals surface area contributed by atoms with Crippen LogP contribution in [0.1, 0.15) is 44.1 Å². The summed E-state index contributed by atoms with van der Waals surface area (Å²) >= 11 is 6.12. The molecule has 0 atom stereocenters. The molecule has 0 aliphatic heterocycles. The van der Waals surface area contributed by atoms with Gasteiger partial charge in [0, 0.05) is 18.1 Å². The van der Waals surface area contributed by atoms with Crippen molar-refractivity contribution in [3.05, 3.63) is 34.9 Å². The first-order valence-corrected chi connectivity index (χ1v) is 9.25. The number of urea groups is 1. The van der Waals surface area contributed by atoms with Crippen LogP contribution in [0, 0.1) is 23.2 Å². The van der Waals surface area contributed by atoms with E-state index in [1.165, 1.54) is 38.5 Å². The summed E-state index contributed by atoms with van der Waals surface area (Å²) in [5.74, 6) is 2.78. The third-order valence-corrected chi connectivity index (χ3v) is 6.55. The van der Waals surface area contributed by atoms with Crippen molar-refractivity contribution in [2.24, 2.45) is 23.2 Å². The molecule has 3 nitrogen and oxygen atoms in total. The number of hydrogen-bond acceptors (Lipinski definition) is 1. The van der Waals surface area contributed by atoms with Gasteiger partial charge in [0.05, 0.1) is 0 Å². The van der Waals surface area contributed by atoms with E-state index in [0.29, 0.717) is 17.0 Å². The Morgan fingerprint density at radius 1 is 1.04 bits per heavy atom. The molecule has 2 amide bonds. The molecule has 4 aliphatic rings. The summed E-state index contributed by atoms with van der Waals surface area (Å²) < 4.78 is 0. The highest BCUT2D eigenvalue weighted by atomic mass is 35.5. The zero-order valence-electron chi connectivity index (χ0n) is 13.5. The molecule has 0 aromatic heterocycles. The fourth-order valence-electron chi connectivity index (χ4n) is 5.65. The molecule has 1 aromatic carbocycles. The zero-order chi connectivity index (χ0) is 15.9. The molecule has 1 aromatic rings. The lowest BCUT2D eigenvalue weighted by Crippen LogP contribution is -2.52. The molecule has 4 aliphatic carbocycles. The molecule has 0 heterocycles. The largest absolute Gasteiger partial charge is 0.338 e. The quantitative estimate of drug-likeness (QED) is 0.845. The van der Waals surface area contributed by atoms with Crippen molar-refractivity contribution >= 4 is 17.6 Å². The Morgan fingerprint density at radius 3 is 2.26 bits per heavy atom. The minimum absolute atomic E-state index is 0.0688. The number of amides is 2. The van der Waals surface area contributed by atoms with Crippen LogP contribution in [0.15, 0.2) is 24.3 Å². The Morgan fingerprint density at radius 2 is 1.65 bits per heavy atom. The molecule has 0 spiro atoms. The Bertz CT molecular complexity index is 566. The minimum atomic E-state index is -0.0688. The maximum absolute atomic E-state index is 12.2. The topological polar surface area (TPSA) is 41.1 Å². The molecule has 23 heavy (non-hydrogen) atoms. The predicted octanol–water partition coefficient (Wildman–Crippen LogP) is 4.36. The SMILES string of the molecule is O=C(NCc1ccccc1Cl)NCC12CC3CC(CC(C3)C1)C2. The first-order chi connectivity index (χ1) is 11.1. The molecule has 4 bridgehead atoms. The van der Waals surface area contributed by atoms with Crippen LogP contribution >= 0.6 is 11.6 Å². The summed E-state index contributed by atoms with van der Waals surface area (Å²) in [6.07, 6.45) is 8.30. The summed E-state index contributed by atoms with van der Waals surface area (Å²) in [4.78, 5) is 12.2. The highest BCUT2D eigenvalue weighted by Gasteiger charge is 2.50. The molecule has 2 N–H and O–H groups in total. The van der Waals surface area contributed by atoms with Crippen LogP contribution in [-0.2, 0) is 6.54 Å². The summed E-state index contributed by atoms with van der Waals surface area (Å²) in [5.41, 5.74) is 1.34. The van der Waals surface area contributed by atoms with Gasteiger partial charge in [0.25, 0.3) is 0 Å². The number of benzene rings is 1. The van der Waals surface area contributed by atoms with Crippen LogP contribution in [0.2, 0.25) is 5.02 Å². The van der Waals surface area contributed by atoms with E-state index in [1.807, 2.05) is 24.3 Å². The van der Waals surface area contributed by atoms with Gasteiger partial charge in [-0.05, 0) is 73.3 Å². The van der Waals surface area contributed by atoms with Gasteiger partial charge >= 0.3 is 6.03 Å². The Kier molecular flexibility index (Phi) is 4.00. The fourth-order valence-corrected chi connectivity index (χ4v) is 5.86. The Balaban J connectivity index is 1.29. The second-order valence-electron chi connectivity index (χ2n) is 8.05. The summed E-state index contributed by atoms with van der Waals surface area (Å²) in [5, 5.41) is 6.78. The van der Waals surface area contributed by atoms with E-state index in [-0.39, 0.29) is 6.03 Å². The van der Waals surface area contributed by atoms with Crippen LogP contribution in [-0.4, -0.2) is 12.6 Å². The lowest BCUT2D eigenvalue weighted by molar-refractivity contribution is -0.0498. The summed E-state index contributed by atoms with van der Waals surface area (Å²) in [6, 6.07) is 7.57. The van der Waals surface area contributed by atoms with Crippen molar-refractivity contribution in [2.75, 3.05) is 6.54 Å². The number of hydrogen-bond donors (Lipinski definition) is 2. The average molecular weight is 333 g/mol. The van der Waals surface area contributed by atoms with Crippen molar-refractivity contribution in [2.45, 2.75) is 45.1 Å². The minimum Gasteiger partial charge on any atom is -0.338 e. The van der Waals surface area contributed by atoms with Crippen LogP contribution in [0.4, 0.5) is 4.79 Å². The highest BCUT2D eigenvalue weighted by molar-refractivity contribution is 6.31. The number of carbonyl (C=O) groups is 1. The predicted molar refractivity (Wildman–Crippen MR) is 92.3 cm³/mol. The van der Waals surface area contributed by atoms with Crippen LogP contribution in [0.5, 0.6) is 0 Å². The Hall–Kier alpha value is -1.22. The molecule has 0 radical (unpaired) electrons. The first-order valence-electron chi connectivity index (χ1n) is 8.87. The van der Waals surface area contributed by atoms with Crippen LogP contribution < -0.4 is 10.6 Å². The van der Waals surface area contributed by atoms with E-state index in [2.05, 4.69) is 10.6 Å². The van der Waals surface area contributed by atoms with Crippen molar-refractivity contribution in [3.8, 4) is 0 Å². The van der Waals surface area contributed by atoms with Gasteiger partial charge < -0.3 is 10.6 Å². The van der Waals surface area contributed by atoms with Crippen molar-refractivity contribution < 1.29 is 4.79 Å². The van der Waals surface area contributed by atoms with Crippen molar-refractivity contribution in [1.82, 2.24) is 10.6 Å². The number of carbonyl (C=O) groups excluding carboxylic acids is 1. The normalized spacial score (nSPS) is 34.4. The van der Waals surface area contributed by atoms with Gasteiger partial charge in [0.15, 0.2) is 0 Å². The van der Waals surface area contributed by atoms with Gasteiger partial charge in [0.1, 0.15) is 0 Å². The highest BCUT2D eigenvalue weighted by Crippen LogP contribution is 2.59. The van der Waals surface area contributed by atoms with E-state index in [4.69, 9.17) is 11.6 Å². The molecule has 5 rings (SSSR count). The van der Waals surface area contributed by atoms with Gasteiger partial charge in [-0.3, -0.25) is 0 Å². The third kappa shape index (κ3) is 3.21. The lowest BCUT2D eigenvalue weighted by atomic mass is 9.49. The van der Waals surface area contributed by atoms with Gasteiger partial charge in [-0.1, -0.05) is 29.8 Å². The van der Waals surface area contributed by atoms with Crippen molar-refractivity contribution in [1.29, 1.82) is 0 Å². The maximum Gasteiger partial charge on any atom is 0.315 e. The molecular formula is C19H25ClN2O. The second kappa shape index (κ2) is 6.01. The number of nitrogens with one attached hydrogen (secondary N) is 2. The number of halogens is 1. The molecular weight excluding hydrogens is 308 g/mol. The van der Waals surface area contributed by atoms with Gasteiger partial charge in [-0.25, -0.2) is 4.79 Å². The third-order valence-electron chi connectivity index (χ3n) is 6.19. The smallest absolute Gasteiger partial charge is 0.315 e. The van der Waals surface area contributed by atoms with Crippen LogP contribution in [0.25, 0.3) is 0 Å². The fraction of sp³-hybridized carbons (Fsp3) is 0.632. The molecule has 124 valence electrons. The van der Waals surface area contributed by atoms with Gasteiger partial charge in [0.2, 0.25) is 0 Å². The van der Waals surface area contributed by atoms with E-state index in [9.17, 15) is 4.79 Å². The number of rotatable bonds is 4. The van der Waals surface area contributed by atoms with Gasteiger partial charge in [-0.2, -0.15) is 0 Å². The molecule has 4 saturated carbocycles. The summed E-state index contributed by atoms with van der Waals surface area (Å²) in [6.45, 7) is 1.32. The zero-order valence-corrected chi connectivity index (χ0v) is 14.2. The van der Waals surface area contributed by atoms with E-state index >= 15 is 0 Å². The average Bonchev–Trinajstić information content (AvgIpc) is 2.51. The van der Waals surface area contributed by atoms with E-state index < -0.39 is 0 Å². The maximum atomic E-state index is 12.2. The molecule has 0 unspecified atom stereocenters. The molecule has 4 heteroatoms. The molecule has 4 fully saturated rings. The van der Waals surface area contributed by atoms with Crippen molar-refractivity contribution in [3.63, 3.8) is 0 Å². The molecule has 0 saturated heterocycles. The lowest BCUT2D eigenvalue weighted by Gasteiger charge is -2.56. The van der Waals surface area contributed by atoms with E-state index in [0.717, 1.165) is 29.9 Å². The van der Waals surface area contributed by atoms with E-state index in [1.54, 1.807) is 0 Å². The first kappa shape index (κ1) is 15.3. The van der Waals surface area contributed by atoms with Gasteiger partial charge in [-0.15, -0.1) is 0 Å². The monoisotopic (exact) mass is 332 g/mol. The standard InChI is InChI=1S/C19H25ClN2O/c20-17-4-2-1-3-16(17)11-21-18(23)22-12-19-8-13-5-14(9-19)7-15(6-13)10-19/h1-4,13-15H,5-12H2,(H2,21,22,23). The summed E-state index contributed by atoms with van der Waals surface area (Å²) in [7, 11) is 0. The second-order valence-corrected chi connectivity index (χ2v) is 8.45. The Labute approximate surface area is 143 Å².